The first-order valence-electron chi connectivity index (χ1n) is 8.43. The van der Waals surface area contributed by atoms with E-state index in [9.17, 15) is 20.1 Å². The summed E-state index contributed by atoms with van der Waals surface area (Å²) in [6.07, 6.45) is -4.18. The van der Waals surface area contributed by atoms with Crippen molar-refractivity contribution in [2.24, 2.45) is 5.92 Å². The Morgan fingerprint density at radius 3 is 2.44 bits per heavy atom. The summed E-state index contributed by atoms with van der Waals surface area (Å²) < 4.78 is 10.9. The molecule has 0 saturated carbocycles. The predicted molar refractivity (Wildman–Crippen MR) is 94.1 cm³/mol. The normalized spacial score (nSPS) is 30.7. The topological polar surface area (TPSA) is 96.2 Å². The van der Waals surface area contributed by atoms with Crippen LogP contribution in [0.5, 0.6) is 0 Å². The minimum absolute atomic E-state index is 0.168. The zero-order valence-corrected chi connectivity index (χ0v) is 15.5. The summed E-state index contributed by atoms with van der Waals surface area (Å²) in [6, 6.07) is 7.67. The average Bonchev–Trinajstić information content (AvgIpc) is 2.61. The second kappa shape index (κ2) is 9.00. The van der Waals surface area contributed by atoms with Crippen LogP contribution in [0.1, 0.15) is 25.8 Å². The fourth-order valence-corrected chi connectivity index (χ4v) is 3.44. The van der Waals surface area contributed by atoms with Gasteiger partial charge in [-0.2, -0.15) is 0 Å². The SMILES string of the molecule is CCC(C)C(=O)OC[C@H]1O[C@@H](Sc2ccc(C)cc2)[C@H](O)[C@@H](O)[C@@H]1O. The van der Waals surface area contributed by atoms with Gasteiger partial charge >= 0.3 is 5.97 Å². The highest BCUT2D eigenvalue weighted by atomic mass is 32.2. The van der Waals surface area contributed by atoms with Crippen molar-refractivity contribution >= 4 is 17.7 Å². The first-order chi connectivity index (χ1) is 11.8. The van der Waals surface area contributed by atoms with Crippen LogP contribution >= 0.6 is 11.8 Å². The van der Waals surface area contributed by atoms with Crippen molar-refractivity contribution < 1.29 is 29.6 Å². The first kappa shape index (κ1) is 20.2. The lowest BCUT2D eigenvalue weighted by Crippen LogP contribution is -2.57. The summed E-state index contributed by atoms with van der Waals surface area (Å²) in [7, 11) is 0. The average molecular weight is 370 g/mol. The smallest absolute Gasteiger partial charge is 0.308 e. The fourth-order valence-electron chi connectivity index (χ4n) is 2.38. The quantitative estimate of drug-likeness (QED) is 0.653. The molecule has 0 bridgehead atoms. The van der Waals surface area contributed by atoms with Crippen LogP contribution in [0, 0.1) is 12.8 Å². The number of aryl methyl sites for hydroxylation is 1. The molecule has 0 amide bonds. The standard InChI is InChI=1S/C18H26O6S/c1-4-11(3)17(22)23-9-13-14(19)15(20)16(21)18(24-13)25-12-7-5-10(2)6-8-12/h5-8,11,13-16,18-21H,4,9H2,1-3H3/t11?,13-,14-,15+,16-,18+/m1/s1. The minimum Gasteiger partial charge on any atom is -0.463 e. The van der Waals surface area contributed by atoms with E-state index in [0.717, 1.165) is 10.5 Å². The van der Waals surface area contributed by atoms with Gasteiger partial charge in [0.15, 0.2) is 0 Å². The Kier molecular flexibility index (Phi) is 7.27. The number of aliphatic hydroxyl groups is 3. The lowest BCUT2D eigenvalue weighted by Gasteiger charge is -2.40. The van der Waals surface area contributed by atoms with E-state index >= 15 is 0 Å². The van der Waals surface area contributed by atoms with E-state index in [1.165, 1.54) is 11.8 Å². The molecule has 7 heteroatoms. The number of carbonyl (C=O) groups excluding carboxylic acids is 1. The molecule has 1 saturated heterocycles. The second-order valence-corrected chi connectivity index (χ2v) is 7.56. The molecule has 1 aliphatic heterocycles. The number of hydrogen-bond acceptors (Lipinski definition) is 7. The van der Waals surface area contributed by atoms with Crippen LogP contribution in [-0.4, -0.2) is 57.7 Å². The molecule has 0 radical (unpaired) electrons. The number of esters is 1. The van der Waals surface area contributed by atoms with Gasteiger partial charge in [-0.15, -0.1) is 0 Å². The van der Waals surface area contributed by atoms with E-state index in [1.807, 2.05) is 38.1 Å². The van der Waals surface area contributed by atoms with Crippen molar-refractivity contribution in [2.45, 2.75) is 61.9 Å². The maximum absolute atomic E-state index is 11.8. The second-order valence-electron chi connectivity index (χ2n) is 6.38. The number of aliphatic hydroxyl groups excluding tert-OH is 3. The zero-order chi connectivity index (χ0) is 18.6. The van der Waals surface area contributed by atoms with Gasteiger partial charge in [-0.1, -0.05) is 43.3 Å². The van der Waals surface area contributed by atoms with Crippen LogP contribution in [0.15, 0.2) is 29.2 Å². The van der Waals surface area contributed by atoms with Crippen molar-refractivity contribution in [1.29, 1.82) is 0 Å². The van der Waals surface area contributed by atoms with Crippen LogP contribution in [0.25, 0.3) is 0 Å². The molecule has 0 spiro atoms. The maximum Gasteiger partial charge on any atom is 0.308 e. The van der Waals surface area contributed by atoms with Crippen molar-refractivity contribution in [1.82, 2.24) is 0 Å². The molecular weight excluding hydrogens is 344 g/mol. The van der Waals surface area contributed by atoms with Gasteiger partial charge in [-0.3, -0.25) is 4.79 Å². The molecule has 3 N–H and O–H groups in total. The monoisotopic (exact) mass is 370 g/mol. The molecule has 0 aromatic heterocycles. The van der Waals surface area contributed by atoms with E-state index in [1.54, 1.807) is 6.92 Å². The molecule has 25 heavy (non-hydrogen) atoms. The molecule has 140 valence electrons. The van der Waals surface area contributed by atoms with E-state index in [-0.39, 0.29) is 18.5 Å². The van der Waals surface area contributed by atoms with Crippen LogP contribution in [0.2, 0.25) is 0 Å². The maximum atomic E-state index is 11.8. The lowest BCUT2D eigenvalue weighted by atomic mass is 10.0. The van der Waals surface area contributed by atoms with Crippen LogP contribution in [0.4, 0.5) is 0 Å². The van der Waals surface area contributed by atoms with E-state index < -0.39 is 29.9 Å². The lowest BCUT2D eigenvalue weighted by molar-refractivity contribution is -0.211. The van der Waals surface area contributed by atoms with E-state index in [2.05, 4.69) is 0 Å². The summed E-state index contributed by atoms with van der Waals surface area (Å²) in [5.41, 5.74) is 0.341. The van der Waals surface area contributed by atoms with Crippen molar-refractivity contribution in [2.75, 3.05) is 6.61 Å². The Morgan fingerprint density at radius 1 is 1.20 bits per heavy atom. The summed E-state index contributed by atoms with van der Waals surface area (Å²) >= 11 is 1.25. The molecule has 1 aromatic rings. The summed E-state index contributed by atoms with van der Waals surface area (Å²) in [5.74, 6) is -0.615. The Morgan fingerprint density at radius 2 is 1.84 bits per heavy atom. The van der Waals surface area contributed by atoms with Crippen LogP contribution < -0.4 is 0 Å². The predicted octanol–water partition coefficient (Wildman–Crippen LogP) is 1.48. The van der Waals surface area contributed by atoms with Gasteiger partial charge in [0.05, 0.1) is 5.92 Å². The number of carbonyl (C=O) groups is 1. The first-order valence-corrected chi connectivity index (χ1v) is 9.31. The molecule has 1 aliphatic rings. The van der Waals surface area contributed by atoms with E-state index in [4.69, 9.17) is 9.47 Å². The van der Waals surface area contributed by atoms with Gasteiger partial charge in [0, 0.05) is 4.90 Å². The molecule has 1 unspecified atom stereocenters. The number of hydrogen-bond donors (Lipinski definition) is 3. The van der Waals surface area contributed by atoms with Gasteiger partial charge < -0.3 is 24.8 Å². The van der Waals surface area contributed by atoms with Crippen LogP contribution in [0.3, 0.4) is 0 Å². The third-order valence-electron chi connectivity index (χ3n) is 4.35. The Balaban J connectivity index is 2.01. The number of benzene rings is 1. The van der Waals surface area contributed by atoms with Crippen LogP contribution in [-0.2, 0) is 14.3 Å². The molecule has 0 aliphatic carbocycles. The molecule has 1 fully saturated rings. The molecule has 1 aromatic carbocycles. The van der Waals surface area contributed by atoms with Crippen molar-refractivity contribution in [3.63, 3.8) is 0 Å². The molecular formula is C18H26O6S. The zero-order valence-electron chi connectivity index (χ0n) is 14.7. The molecule has 1 heterocycles. The molecule has 2 rings (SSSR count). The van der Waals surface area contributed by atoms with Crippen molar-refractivity contribution in [3.8, 4) is 0 Å². The number of ether oxygens (including phenoxy) is 2. The highest BCUT2D eigenvalue weighted by Gasteiger charge is 2.44. The fraction of sp³-hybridized carbons (Fsp3) is 0.611. The van der Waals surface area contributed by atoms with Gasteiger partial charge in [0.25, 0.3) is 0 Å². The van der Waals surface area contributed by atoms with Crippen molar-refractivity contribution in [3.05, 3.63) is 29.8 Å². The summed E-state index contributed by atoms with van der Waals surface area (Å²) in [5, 5.41) is 30.4. The molecule has 6 atom stereocenters. The highest BCUT2D eigenvalue weighted by molar-refractivity contribution is 7.99. The Hall–Kier alpha value is -1.12. The van der Waals surface area contributed by atoms with Gasteiger partial charge in [-0.05, 0) is 25.5 Å². The van der Waals surface area contributed by atoms with Gasteiger partial charge in [-0.25, -0.2) is 0 Å². The Labute approximate surface area is 152 Å². The molecule has 6 nitrogen and oxygen atoms in total. The third-order valence-corrected chi connectivity index (χ3v) is 5.51. The minimum atomic E-state index is -1.37. The third kappa shape index (κ3) is 5.18. The largest absolute Gasteiger partial charge is 0.463 e. The summed E-state index contributed by atoms with van der Waals surface area (Å²) in [4.78, 5) is 12.7. The van der Waals surface area contributed by atoms with Gasteiger partial charge in [0.2, 0.25) is 0 Å². The van der Waals surface area contributed by atoms with Gasteiger partial charge in [0.1, 0.15) is 36.5 Å². The number of rotatable bonds is 6. The van der Waals surface area contributed by atoms with E-state index in [0.29, 0.717) is 6.42 Å². The Bertz CT molecular complexity index is 563. The summed E-state index contributed by atoms with van der Waals surface area (Å²) in [6.45, 7) is 5.45. The highest BCUT2D eigenvalue weighted by Crippen LogP contribution is 2.33. The number of thioether (sulfide) groups is 1.